The molecule has 0 heterocycles. The summed E-state index contributed by atoms with van der Waals surface area (Å²) in [5.74, 6) is 0. The average molecular weight is 196 g/mol. The van der Waals surface area contributed by atoms with Gasteiger partial charge in [-0.05, 0) is 10.8 Å². The van der Waals surface area contributed by atoms with Gasteiger partial charge in [0.25, 0.3) is 0 Å². The summed E-state index contributed by atoms with van der Waals surface area (Å²) in [6, 6.07) is 15.1. The van der Waals surface area contributed by atoms with E-state index in [2.05, 4.69) is 5.16 Å². The average Bonchev–Trinajstić information content (AvgIpc) is 2.31. The molecule has 2 rings (SSSR count). The quantitative estimate of drug-likeness (QED) is 0.433. The van der Waals surface area contributed by atoms with Gasteiger partial charge in [-0.15, -0.1) is 0 Å². The molecule has 0 radical (unpaired) electrons. The first-order valence-corrected chi connectivity index (χ1v) is 4.47. The largest absolute Gasteiger partial charge is 0.410 e. The van der Waals surface area contributed by atoms with Gasteiger partial charge in [0.2, 0.25) is 0 Å². The Morgan fingerprint density at radius 2 is 1.87 bits per heavy atom. The molecule has 0 saturated heterocycles. The number of oxime groups is 1. The van der Waals surface area contributed by atoms with E-state index >= 15 is 0 Å². The molecule has 0 aromatic heterocycles. The van der Waals surface area contributed by atoms with E-state index in [0.717, 1.165) is 10.8 Å². The maximum absolute atomic E-state index is 8.80. The SMILES string of the molecule is N#C/C(=N\O)c1cccc2ccccc12. The van der Waals surface area contributed by atoms with Crippen molar-refractivity contribution in [1.82, 2.24) is 0 Å². The van der Waals surface area contributed by atoms with Gasteiger partial charge in [0.05, 0.1) is 0 Å². The van der Waals surface area contributed by atoms with Crippen molar-refractivity contribution in [3.05, 3.63) is 48.0 Å². The first-order valence-electron chi connectivity index (χ1n) is 4.47. The van der Waals surface area contributed by atoms with Crippen molar-refractivity contribution in [2.75, 3.05) is 0 Å². The van der Waals surface area contributed by atoms with Crippen LogP contribution in [-0.4, -0.2) is 10.9 Å². The predicted molar refractivity (Wildman–Crippen MR) is 57.9 cm³/mol. The van der Waals surface area contributed by atoms with Crippen LogP contribution in [0.2, 0.25) is 0 Å². The Morgan fingerprint density at radius 1 is 1.13 bits per heavy atom. The molecule has 15 heavy (non-hydrogen) atoms. The fourth-order valence-electron chi connectivity index (χ4n) is 1.57. The maximum atomic E-state index is 8.80. The number of benzene rings is 2. The van der Waals surface area contributed by atoms with Gasteiger partial charge in [-0.1, -0.05) is 47.6 Å². The van der Waals surface area contributed by atoms with Crippen molar-refractivity contribution in [2.24, 2.45) is 5.16 Å². The number of nitrogens with zero attached hydrogens (tertiary/aromatic N) is 2. The summed E-state index contributed by atoms with van der Waals surface area (Å²) in [5.41, 5.74) is 0.685. The van der Waals surface area contributed by atoms with E-state index in [-0.39, 0.29) is 5.71 Å². The number of rotatable bonds is 1. The van der Waals surface area contributed by atoms with Crippen molar-refractivity contribution in [3.63, 3.8) is 0 Å². The van der Waals surface area contributed by atoms with Crippen LogP contribution >= 0.6 is 0 Å². The van der Waals surface area contributed by atoms with E-state index in [1.54, 1.807) is 6.07 Å². The van der Waals surface area contributed by atoms with Crippen molar-refractivity contribution in [3.8, 4) is 6.07 Å². The summed E-state index contributed by atoms with van der Waals surface area (Å²) in [7, 11) is 0. The van der Waals surface area contributed by atoms with Crippen LogP contribution < -0.4 is 0 Å². The predicted octanol–water partition coefficient (Wildman–Crippen LogP) is 2.54. The van der Waals surface area contributed by atoms with Gasteiger partial charge in [0.1, 0.15) is 6.07 Å². The molecule has 1 N–H and O–H groups in total. The lowest BCUT2D eigenvalue weighted by molar-refractivity contribution is 0.320. The Hall–Kier alpha value is -2.34. The highest BCUT2D eigenvalue weighted by atomic mass is 16.4. The molecule has 0 amide bonds. The molecule has 0 fully saturated rings. The van der Waals surface area contributed by atoms with Gasteiger partial charge in [-0.25, -0.2) is 0 Å². The summed E-state index contributed by atoms with van der Waals surface area (Å²) < 4.78 is 0. The van der Waals surface area contributed by atoms with Crippen molar-refractivity contribution >= 4 is 16.5 Å². The highest BCUT2D eigenvalue weighted by Gasteiger charge is 2.06. The molecular formula is C12H8N2O. The van der Waals surface area contributed by atoms with E-state index < -0.39 is 0 Å². The standard InChI is InChI=1S/C12H8N2O/c13-8-12(14-15)11-7-3-5-9-4-1-2-6-10(9)11/h1-7,15H/b14-12+. The normalized spacial score (nSPS) is 11.3. The first-order chi connectivity index (χ1) is 7.36. The second-order valence-electron chi connectivity index (χ2n) is 3.09. The molecule has 3 nitrogen and oxygen atoms in total. The zero-order valence-corrected chi connectivity index (χ0v) is 7.88. The zero-order valence-electron chi connectivity index (χ0n) is 7.88. The smallest absolute Gasteiger partial charge is 0.187 e. The monoisotopic (exact) mass is 196 g/mol. The first kappa shape index (κ1) is 9.22. The molecule has 0 spiro atoms. The van der Waals surface area contributed by atoms with Gasteiger partial charge in [0.15, 0.2) is 5.71 Å². The Kier molecular flexibility index (Phi) is 2.34. The molecule has 72 valence electrons. The highest BCUT2D eigenvalue weighted by Crippen LogP contribution is 2.18. The fourth-order valence-corrected chi connectivity index (χ4v) is 1.57. The molecule has 2 aromatic rings. The molecule has 0 aliphatic carbocycles. The summed E-state index contributed by atoms with van der Waals surface area (Å²) in [6.07, 6.45) is 0. The lowest BCUT2D eigenvalue weighted by Gasteiger charge is -2.02. The molecule has 3 heteroatoms. The molecule has 0 aliphatic rings. The number of nitriles is 1. The third-order valence-corrected chi connectivity index (χ3v) is 2.25. The zero-order chi connectivity index (χ0) is 10.7. The Labute approximate surface area is 86.9 Å². The third kappa shape index (κ3) is 1.53. The lowest BCUT2D eigenvalue weighted by Crippen LogP contribution is -1.97. The summed E-state index contributed by atoms with van der Waals surface area (Å²) in [6.45, 7) is 0. The molecule has 0 atom stereocenters. The summed E-state index contributed by atoms with van der Waals surface area (Å²) >= 11 is 0. The molecule has 0 unspecified atom stereocenters. The Balaban J connectivity index is 2.78. The number of hydrogen-bond donors (Lipinski definition) is 1. The van der Waals surface area contributed by atoms with Gasteiger partial charge >= 0.3 is 0 Å². The van der Waals surface area contributed by atoms with E-state index in [1.165, 1.54) is 0 Å². The minimum absolute atomic E-state index is 0.0341. The van der Waals surface area contributed by atoms with Gasteiger partial charge in [0, 0.05) is 5.56 Å². The van der Waals surface area contributed by atoms with E-state index in [1.807, 2.05) is 42.5 Å². The van der Waals surface area contributed by atoms with E-state index in [4.69, 9.17) is 10.5 Å². The van der Waals surface area contributed by atoms with Crippen LogP contribution in [0.3, 0.4) is 0 Å². The topological polar surface area (TPSA) is 56.4 Å². The van der Waals surface area contributed by atoms with Crippen LogP contribution in [0.1, 0.15) is 5.56 Å². The minimum atomic E-state index is 0.0341. The van der Waals surface area contributed by atoms with Crippen molar-refractivity contribution < 1.29 is 5.21 Å². The van der Waals surface area contributed by atoms with E-state index in [9.17, 15) is 0 Å². The molecule has 0 saturated carbocycles. The van der Waals surface area contributed by atoms with Crippen LogP contribution in [0.4, 0.5) is 0 Å². The third-order valence-electron chi connectivity index (χ3n) is 2.25. The van der Waals surface area contributed by atoms with Gasteiger partial charge in [-0.3, -0.25) is 0 Å². The number of hydrogen-bond acceptors (Lipinski definition) is 3. The summed E-state index contributed by atoms with van der Waals surface area (Å²) in [5, 5.41) is 22.4. The second kappa shape index (κ2) is 3.81. The van der Waals surface area contributed by atoms with Crippen LogP contribution in [-0.2, 0) is 0 Å². The van der Waals surface area contributed by atoms with Crippen molar-refractivity contribution in [1.29, 1.82) is 5.26 Å². The number of fused-ring (bicyclic) bond motifs is 1. The second-order valence-corrected chi connectivity index (χ2v) is 3.09. The summed E-state index contributed by atoms with van der Waals surface area (Å²) in [4.78, 5) is 0. The van der Waals surface area contributed by atoms with Crippen LogP contribution in [0, 0.1) is 11.3 Å². The molecular weight excluding hydrogens is 188 g/mol. The van der Waals surface area contributed by atoms with Crippen molar-refractivity contribution in [2.45, 2.75) is 0 Å². The van der Waals surface area contributed by atoms with E-state index in [0.29, 0.717) is 5.56 Å². The Morgan fingerprint density at radius 3 is 2.60 bits per heavy atom. The van der Waals surface area contributed by atoms with Gasteiger partial charge in [-0.2, -0.15) is 5.26 Å². The Bertz CT molecular complexity index is 562. The molecule has 2 aromatic carbocycles. The van der Waals surface area contributed by atoms with Crippen LogP contribution in [0.25, 0.3) is 10.8 Å². The van der Waals surface area contributed by atoms with Crippen LogP contribution in [0.5, 0.6) is 0 Å². The molecule has 0 aliphatic heterocycles. The maximum Gasteiger partial charge on any atom is 0.187 e. The lowest BCUT2D eigenvalue weighted by atomic mass is 10.0. The molecule has 0 bridgehead atoms. The van der Waals surface area contributed by atoms with Crippen LogP contribution in [0.15, 0.2) is 47.6 Å². The fraction of sp³-hybridized carbons (Fsp3) is 0. The highest BCUT2D eigenvalue weighted by molar-refractivity contribution is 6.18. The minimum Gasteiger partial charge on any atom is -0.410 e. The van der Waals surface area contributed by atoms with Gasteiger partial charge < -0.3 is 5.21 Å².